The van der Waals surface area contributed by atoms with Gasteiger partial charge in [-0.1, -0.05) is 69.3 Å². The summed E-state index contributed by atoms with van der Waals surface area (Å²) in [5.74, 6) is -1.51. The van der Waals surface area contributed by atoms with Gasteiger partial charge in [0.15, 0.2) is 17.7 Å². The molecular weight excluding hydrogens is 486 g/mol. The number of ether oxygens (including phenoxy) is 2. The van der Waals surface area contributed by atoms with E-state index in [1.807, 2.05) is 36.4 Å². The second-order valence-corrected chi connectivity index (χ2v) is 10.7. The lowest BCUT2D eigenvalue weighted by molar-refractivity contribution is -0.146. The summed E-state index contributed by atoms with van der Waals surface area (Å²) in [5, 5.41) is 3.57. The molecule has 1 aliphatic heterocycles. The van der Waals surface area contributed by atoms with E-state index in [0.717, 1.165) is 41.9 Å². The number of carbonyl (C=O) groups excluding carboxylic acids is 1. The Labute approximate surface area is 223 Å². The zero-order valence-electron chi connectivity index (χ0n) is 22.6. The highest BCUT2D eigenvalue weighted by Crippen LogP contribution is 2.38. The van der Waals surface area contributed by atoms with Crippen molar-refractivity contribution < 1.29 is 23.0 Å². The molecule has 1 fully saturated rings. The molecule has 1 amide bonds. The third-order valence-corrected chi connectivity index (χ3v) is 7.20. The maximum absolute atomic E-state index is 14.1. The van der Waals surface area contributed by atoms with Crippen molar-refractivity contribution >= 4 is 5.91 Å². The van der Waals surface area contributed by atoms with Crippen molar-refractivity contribution in [1.82, 2.24) is 10.2 Å². The predicted molar refractivity (Wildman–Crippen MR) is 144 cm³/mol. The molecule has 0 saturated carbocycles. The second-order valence-electron chi connectivity index (χ2n) is 10.7. The van der Waals surface area contributed by atoms with E-state index >= 15 is 0 Å². The first-order chi connectivity index (χ1) is 18.1. The van der Waals surface area contributed by atoms with Crippen LogP contribution in [0, 0.1) is 11.6 Å². The summed E-state index contributed by atoms with van der Waals surface area (Å²) in [6.07, 6.45) is 0.109. The molecule has 2 unspecified atom stereocenters. The average Bonchev–Trinajstić information content (AvgIpc) is 3.33. The number of nitrogens with zero attached hydrogens (tertiary/aromatic N) is 1. The molecule has 1 N–H and O–H groups in total. The molecule has 38 heavy (non-hydrogen) atoms. The lowest BCUT2D eigenvalue weighted by Crippen LogP contribution is -2.47. The van der Waals surface area contributed by atoms with Crippen molar-refractivity contribution in [2.24, 2.45) is 0 Å². The number of methoxy groups -OCH3 is 2. The van der Waals surface area contributed by atoms with Crippen LogP contribution in [0.2, 0.25) is 0 Å². The average molecular weight is 523 g/mol. The fourth-order valence-electron chi connectivity index (χ4n) is 5.12. The molecule has 0 aromatic heterocycles. The molecule has 3 aromatic rings. The minimum Gasteiger partial charge on any atom is -0.496 e. The maximum Gasteiger partial charge on any atom is 0.258 e. The Morgan fingerprint density at radius 1 is 1.00 bits per heavy atom. The predicted octanol–water partition coefficient (Wildman–Crippen LogP) is 6.44. The van der Waals surface area contributed by atoms with E-state index in [4.69, 9.17) is 9.47 Å². The first kappa shape index (κ1) is 27.7. The van der Waals surface area contributed by atoms with Gasteiger partial charge < -0.3 is 14.4 Å². The van der Waals surface area contributed by atoms with Crippen molar-refractivity contribution in [1.29, 1.82) is 0 Å². The number of halogens is 2. The van der Waals surface area contributed by atoms with E-state index < -0.39 is 17.7 Å². The van der Waals surface area contributed by atoms with Gasteiger partial charge in [-0.3, -0.25) is 10.1 Å². The van der Waals surface area contributed by atoms with E-state index in [-0.39, 0.29) is 29.1 Å². The van der Waals surface area contributed by atoms with Crippen LogP contribution in [0.4, 0.5) is 8.78 Å². The lowest BCUT2D eigenvalue weighted by Gasteiger charge is -2.34. The Hall–Kier alpha value is -3.29. The van der Waals surface area contributed by atoms with E-state index in [1.165, 1.54) is 18.7 Å². The number of likely N-dealkylation sites (tertiary alicyclic amines) is 1. The zero-order valence-corrected chi connectivity index (χ0v) is 22.6. The van der Waals surface area contributed by atoms with E-state index in [0.29, 0.717) is 6.54 Å². The van der Waals surface area contributed by atoms with E-state index in [2.05, 4.69) is 38.2 Å². The van der Waals surface area contributed by atoms with Crippen LogP contribution in [-0.4, -0.2) is 31.2 Å². The summed E-state index contributed by atoms with van der Waals surface area (Å²) in [7, 11) is 3.06. The van der Waals surface area contributed by atoms with Gasteiger partial charge in [-0.05, 0) is 53.1 Å². The minimum absolute atomic E-state index is 0.0229. The van der Waals surface area contributed by atoms with Gasteiger partial charge in [0.05, 0.1) is 19.3 Å². The molecule has 3 atom stereocenters. The molecule has 1 heterocycles. The first-order valence-corrected chi connectivity index (χ1v) is 12.9. The third kappa shape index (κ3) is 5.89. The molecule has 0 radical (unpaired) electrons. The molecule has 7 heteroatoms. The van der Waals surface area contributed by atoms with Crippen molar-refractivity contribution in [3.05, 3.63) is 101 Å². The van der Waals surface area contributed by atoms with Crippen LogP contribution < -0.4 is 10.1 Å². The van der Waals surface area contributed by atoms with Gasteiger partial charge in [-0.2, -0.15) is 0 Å². The Morgan fingerprint density at radius 3 is 2.37 bits per heavy atom. The summed E-state index contributed by atoms with van der Waals surface area (Å²) in [6, 6.07) is 19.3. The number of carbonyl (C=O) groups is 1. The minimum atomic E-state index is -1.07. The zero-order chi connectivity index (χ0) is 27.4. The van der Waals surface area contributed by atoms with Crippen LogP contribution in [0.3, 0.4) is 0 Å². The molecule has 3 aromatic carbocycles. The van der Waals surface area contributed by atoms with Gasteiger partial charge in [-0.15, -0.1) is 0 Å². The molecule has 0 bridgehead atoms. The Bertz CT molecular complexity index is 1260. The van der Waals surface area contributed by atoms with Crippen molar-refractivity contribution in [3.63, 3.8) is 0 Å². The fraction of sp³-hybridized carbons (Fsp3) is 0.387. The van der Waals surface area contributed by atoms with Crippen molar-refractivity contribution in [2.75, 3.05) is 14.2 Å². The lowest BCUT2D eigenvalue weighted by atomic mass is 9.86. The molecule has 202 valence electrons. The summed E-state index contributed by atoms with van der Waals surface area (Å²) in [6.45, 7) is 6.98. The van der Waals surface area contributed by atoms with Gasteiger partial charge in [-0.25, -0.2) is 8.78 Å². The van der Waals surface area contributed by atoms with Gasteiger partial charge in [0.25, 0.3) is 5.91 Å². The fourth-order valence-corrected chi connectivity index (χ4v) is 5.12. The van der Waals surface area contributed by atoms with Crippen LogP contribution in [0.25, 0.3) is 0 Å². The topological polar surface area (TPSA) is 50.8 Å². The van der Waals surface area contributed by atoms with Gasteiger partial charge >= 0.3 is 0 Å². The smallest absolute Gasteiger partial charge is 0.258 e. The SMILES string of the molecule is COc1ccc(C(C)(C)C)cc1CNC1CCC(c2ccccc2)N1C(=O)[C@@H](OC)c1ccc(F)c(F)c1. The van der Waals surface area contributed by atoms with Crippen LogP contribution in [0.5, 0.6) is 5.75 Å². The van der Waals surface area contributed by atoms with E-state index in [9.17, 15) is 13.6 Å². The maximum atomic E-state index is 14.1. The van der Waals surface area contributed by atoms with Crippen LogP contribution in [0.15, 0.2) is 66.7 Å². The highest BCUT2D eigenvalue weighted by Gasteiger charge is 2.41. The summed E-state index contributed by atoms with van der Waals surface area (Å²) < 4.78 is 38.8. The highest BCUT2D eigenvalue weighted by molar-refractivity contribution is 5.83. The summed E-state index contributed by atoms with van der Waals surface area (Å²) in [5.41, 5.74) is 3.45. The Morgan fingerprint density at radius 2 is 1.74 bits per heavy atom. The van der Waals surface area contributed by atoms with Gasteiger partial charge in [0.2, 0.25) is 0 Å². The quantitative estimate of drug-likeness (QED) is 0.370. The van der Waals surface area contributed by atoms with Crippen molar-refractivity contribution in [2.45, 2.75) is 63.9 Å². The van der Waals surface area contributed by atoms with Gasteiger partial charge in [0.1, 0.15) is 5.75 Å². The monoisotopic (exact) mass is 522 g/mol. The number of amides is 1. The standard InChI is InChI=1S/C31H36F2N2O3/c1-31(2,3)23-12-15-27(37-4)22(17-23)19-34-28-16-14-26(20-9-7-6-8-10-20)35(28)30(36)29(38-5)21-11-13-24(32)25(33)18-21/h6-13,15,17-18,26,28-29,34H,14,16,19H2,1-5H3/t26?,28?,29-/m0/s1. The largest absolute Gasteiger partial charge is 0.496 e. The van der Waals surface area contributed by atoms with Crippen LogP contribution in [0.1, 0.15) is 68.0 Å². The number of hydrogen-bond acceptors (Lipinski definition) is 4. The highest BCUT2D eigenvalue weighted by atomic mass is 19.2. The summed E-state index contributed by atoms with van der Waals surface area (Å²) >= 11 is 0. The normalized spacial score (nSPS) is 18.4. The van der Waals surface area contributed by atoms with Gasteiger partial charge in [0, 0.05) is 19.2 Å². The van der Waals surface area contributed by atoms with Crippen molar-refractivity contribution in [3.8, 4) is 5.75 Å². The molecular formula is C31H36F2N2O3. The number of benzene rings is 3. The van der Waals surface area contributed by atoms with Crippen LogP contribution >= 0.6 is 0 Å². The second kappa shape index (κ2) is 11.6. The molecule has 4 rings (SSSR count). The Kier molecular flexibility index (Phi) is 8.48. The molecule has 1 saturated heterocycles. The number of hydrogen-bond donors (Lipinski definition) is 1. The molecule has 5 nitrogen and oxygen atoms in total. The Balaban J connectivity index is 1.65. The first-order valence-electron chi connectivity index (χ1n) is 12.9. The molecule has 0 spiro atoms. The molecule has 1 aliphatic rings. The van der Waals surface area contributed by atoms with E-state index in [1.54, 1.807) is 12.0 Å². The summed E-state index contributed by atoms with van der Waals surface area (Å²) in [4.78, 5) is 15.8. The molecule has 0 aliphatic carbocycles. The number of rotatable bonds is 8. The van der Waals surface area contributed by atoms with Crippen LogP contribution in [-0.2, 0) is 21.5 Å². The third-order valence-electron chi connectivity index (χ3n) is 7.20. The number of nitrogens with one attached hydrogen (secondary N) is 1.